The number of nitrogens with one attached hydrogen (secondary N) is 1. The van der Waals surface area contributed by atoms with Crippen LogP contribution in [-0.4, -0.2) is 28.0 Å². The fourth-order valence-electron chi connectivity index (χ4n) is 3.63. The Bertz CT molecular complexity index is 1400. The van der Waals surface area contributed by atoms with Crippen LogP contribution in [0.1, 0.15) is 42.6 Å². The third kappa shape index (κ3) is 4.92. The maximum Gasteiger partial charge on any atom is 0.338 e. The van der Waals surface area contributed by atoms with Crippen LogP contribution in [0.4, 0.5) is 5.69 Å². The van der Waals surface area contributed by atoms with Crippen molar-refractivity contribution in [3.05, 3.63) is 81.7 Å². The maximum absolute atomic E-state index is 13.3. The van der Waals surface area contributed by atoms with E-state index in [-0.39, 0.29) is 18.7 Å². The average molecular weight is 476 g/mol. The smallest absolute Gasteiger partial charge is 0.338 e. The van der Waals surface area contributed by atoms with Crippen molar-refractivity contribution >= 4 is 39.1 Å². The zero-order chi connectivity index (χ0) is 24.2. The summed E-state index contributed by atoms with van der Waals surface area (Å²) >= 11 is 1.40. The summed E-state index contributed by atoms with van der Waals surface area (Å²) in [6.45, 7) is 6.06. The summed E-state index contributed by atoms with van der Waals surface area (Å²) in [7, 11) is 0. The van der Waals surface area contributed by atoms with E-state index < -0.39 is 11.9 Å². The van der Waals surface area contributed by atoms with E-state index in [9.17, 15) is 14.4 Å². The molecular formula is C26H25N3O4S. The number of esters is 1. The molecule has 174 valence electrons. The summed E-state index contributed by atoms with van der Waals surface area (Å²) in [6.07, 6.45) is 1.39. The highest BCUT2D eigenvalue weighted by Crippen LogP contribution is 2.31. The van der Waals surface area contributed by atoms with Gasteiger partial charge in [0.15, 0.2) is 0 Å². The van der Waals surface area contributed by atoms with Gasteiger partial charge in [0.2, 0.25) is 5.91 Å². The first-order valence-electron chi connectivity index (χ1n) is 11.0. The van der Waals surface area contributed by atoms with Crippen LogP contribution in [0.2, 0.25) is 0 Å². The minimum atomic E-state index is -0.462. The van der Waals surface area contributed by atoms with Crippen molar-refractivity contribution in [3.63, 3.8) is 0 Å². The van der Waals surface area contributed by atoms with Crippen molar-refractivity contribution in [2.24, 2.45) is 0 Å². The van der Waals surface area contributed by atoms with Crippen molar-refractivity contribution < 1.29 is 14.3 Å². The van der Waals surface area contributed by atoms with Gasteiger partial charge in [-0.3, -0.25) is 14.2 Å². The van der Waals surface area contributed by atoms with Gasteiger partial charge >= 0.3 is 5.97 Å². The molecule has 0 radical (unpaired) electrons. The normalized spacial score (nSPS) is 11.1. The van der Waals surface area contributed by atoms with Crippen LogP contribution in [-0.2, 0) is 16.1 Å². The van der Waals surface area contributed by atoms with Gasteiger partial charge in [0.1, 0.15) is 11.4 Å². The SMILES string of the molecule is CCOC(=O)c1cccc(NC(=O)Cn2cnc3scc(-c4ccc(C(C)C)cc4)c3c2=O)c1. The van der Waals surface area contributed by atoms with Crippen LogP contribution in [0.25, 0.3) is 21.3 Å². The summed E-state index contributed by atoms with van der Waals surface area (Å²) in [5.74, 6) is -0.443. The number of rotatable bonds is 7. The fraction of sp³-hybridized carbons (Fsp3) is 0.231. The van der Waals surface area contributed by atoms with E-state index in [0.29, 0.717) is 27.4 Å². The number of benzene rings is 2. The van der Waals surface area contributed by atoms with Crippen molar-refractivity contribution in [2.45, 2.75) is 33.2 Å². The highest BCUT2D eigenvalue weighted by atomic mass is 32.1. The molecule has 7 nitrogen and oxygen atoms in total. The second-order valence-corrected chi connectivity index (χ2v) is 8.99. The molecule has 0 saturated carbocycles. The molecule has 1 N–H and O–H groups in total. The van der Waals surface area contributed by atoms with E-state index in [4.69, 9.17) is 4.74 Å². The number of nitrogens with zero attached hydrogens (tertiary/aromatic N) is 2. The van der Waals surface area contributed by atoms with E-state index in [1.165, 1.54) is 33.9 Å². The summed E-state index contributed by atoms with van der Waals surface area (Å²) in [4.78, 5) is 42.9. The van der Waals surface area contributed by atoms with Crippen LogP contribution in [0.15, 0.2) is 65.0 Å². The van der Waals surface area contributed by atoms with Crippen molar-refractivity contribution in [1.82, 2.24) is 9.55 Å². The molecule has 4 rings (SSSR count). The number of hydrogen-bond acceptors (Lipinski definition) is 6. The van der Waals surface area contributed by atoms with Crippen LogP contribution < -0.4 is 10.9 Å². The highest BCUT2D eigenvalue weighted by Gasteiger charge is 2.15. The van der Waals surface area contributed by atoms with Gasteiger partial charge in [-0.25, -0.2) is 9.78 Å². The fourth-order valence-corrected chi connectivity index (χ4v) is 4.54. The summed E-state index contributed by atoms with van der Waals surface area (Å²) in [6, 6.07) is 14.6. The molecule has 0 unspecified atom stereocenters. The zero-order valence-electron chi connectivity index (χ0n) is 19.2. The van der Waals surface area contributed by atoms with E-state index in [2.05, 4.69) is 36.3 Å². The van der Waals surface area contributed by atoms with Crippen molar-refractivity contribution in [2.75, 3.05) is 11.9 Å². The predicted molar refractivity (Wildman–Crippen MR) is 134 cm³/mol. The van der Waals surface area contributed by atoms with Gasteiger partial charge in [0.05, 0.1) is 23.9 Å². The number of anilines is 1. The third-order valence-corrected chi connectivity index (χ3v) is 6.31. The lowest BCUT2D eigenvalue weighted by atomic mass is 9.99. The van der Waals surface area contributed by atoms with E-state index in [1.54, 1.807) is 25.1 Å². The van der Waals surface area contributed by atoms with Gasteiger partial charge in [0, 0.05) is 16.6 Å². The molecule has 1 amide bonds. The Hall–Kier alpha value is -3.78. The van der Waals surface area contributed by atoms with Gasteiger partial charge in [-0.05, 0) is 42.2 Å². The lowest BCUT2D eigenvalue weighted by molar-refractivity contribution is -0.116. The monoisotopic (exact) mass is 475 g/mol. The molecule has 0 aliphatic heterocycles. The van der Waals surface area contributed by atoms with Crippen LogP contribution in [0.3, 0.4) is 0 Å². The van der Waals surface area contributed by atoms with E-state index >= 15 is 0 Å². The lowest BCUT2D eigenvalue weighted by Crippen LogP contribution is -2.27. The highest BCUT2D eigenvalue weighted by molar-refractivity contribution is 7.17. The summed E-state index contributed by atoms with van der Waals surface area (Å²) in [5, 5.41) is 5.16. The molecule has 2 aromatic carbocycles. The maximum atomic E-state index is 13.3. The van der Waals surface area contributed by atoms with Gasteiger partial charge in [-0.15, -0.1) is 11.3 Å². The molecule has 0 bridgehead atoms. The number of carbonyl (C=O) groups excluding carboxylic acids is 2. The molecule has 0 fully saturated rings. The van der Waals surface area contributed by atoms with Gasteiger partial charge in [0.25, 0.3) is 5.56 Å². The molecule has 0 aliphatic rings. The molecule has 0 spiro atoms. The van der Waals surface area contributed by atoms with Gasteiger partial charge < -0.3 is 10.1 Å². The quantitative estimate of drug-likeness (QED) is 0.377. The van der Waals surface area contributed by atoms with E-state index in [0.717, 1.165) is 11.1 Å². The van der Waals surface area contributed by atoms with Crippen LogP contribution in [0, 0.1) is 0 Å². The Kier molecular flexibility index (Phi) is 6.88. The molecule has 8 heteroatoms. The van der Waals surface area contributed by atoms with Crippen LogP contribution >= 0.6 is 11.3 Å². The molecule has 0 aliphatic carbocycles. The first kappa shape index (κ1) is 23.4. The number of aromatic nitrogens is 2. The minimum Gasteiger partial charge on any atom is -0.462 e. The number of hydrogen-bond donors (Lipinski definition) is 1. The summed E-state index contributed by atoms with van der Waals surface area (Å²) in [5.41, 5.74) is 3.48. The number of amides is 1. The van der Waals surface area contributed by atoms with E-state index in [1.807, 2.05) is 17.5 Å². The number of ether oxygens (including phenoxy) is 1. The molecule has 4 aromatic rings. The Balaban J connectivity index is 1.57. The molecule has 0 atom stereocenters. The Labute approximate surface area is 201 Å². The van der Waals surface area contributed by atoms with Gasteiger partial charge in [-0.2, -0.15) is 0 Å². The Morgan fingerprint density at radius 2 is 1.91 bits per heavy atom. The summed E-state index contributed by atoms with van der Waals surface area (Å²) < 4.78 is 6.29. The van der Waals surface area contributed by atoms with Crippen LogP contribution in [0.5, 0.6) is 0 Å². The Morgan fingerprint density at radius 3 is 2.62 bits per heavy atom. The molecule has 0 saturated heterocycles. The second-order valence-electron chi connectivity index (χ2n) is 8.13. The third-order valence-electron chi connectivity index (χ3n) is 5.42. The van der Waals surface area contributed by atoms with Crippen molar-refractivity contribution in [3.8, 4) is 11.1 Å². The van der Waals surface area contributed by atoms with Gasteiger partial charge in [-0.1, -0.05) is 44.2 Å². The molecule has 34 heavy (non-hydrogen) atoms. The lowest BCUT2D eigenvalue weighted by Gasteiger charge is -2.09. The molecule has 2 heterocycles. The number of carbonyl (C=O) groups is 2. The first-order valence-corrected chi connectivity index (χ1v) is 11.9. The topological polar surface area (TPSA) is 90.3 Å². The minimum absolute atomic E-state index is 0.201. The number of thiophene rings is 1. The average Bonchev–Trinajstić information content (AvgIpc) is 3.26. The molecular weight excluding hydrogens is 450 g/mol. The largest absolute Gasteiger partial charge is 0.462 e. The number of fused-ring (bicyclic) bond motifs is 1. The standard InChI is InChI=1S/C26H25N3O4S/c1-4-33-26(32)19-6-5-7-20(12-19)28-22(30)13-29-15-27-24-23(25(29)31)21(14-34-24)18-10-8-17(9-11-18)16(2)3/h5-12,14-16H,4,13H2,1-3H3,(H,28,30). The predicted octanol–water partition coefficient (Wildman–Crippen LogP) is 5.06. The first-order chi connectivity index (χ1) is 16.4. The van der Waals surface area contributed by atoms with Crippen molar-refractivity contribution in [1.29, 1.82) is 0 Å². The second kappa shape index (κ2) is 10.0. The molecule has 2 aromatic heterocycles. The zero-order valence-corrected chi connectivity index (χ0v) is 20.0. The Morgan fingerprint density at radius 1 is 1.15 bits per heavy atom.